The highest BCUT2D eigenvalue weighted by molar-refractivity contribution is 8.05. The van der Waals surface area contributed by atoms with Crippen LogP contribution in [0.15, 0.2) is 59.1 Å². The average molecular weight is 393 g/mol. The monoisotopic (exact) mass is 393 g/mol. The van der Waals surface area contributed by atoms with Crippen LogP contribution in [-0.2, 0) is 16.0 Å². The zero-order valence-corrected chi connectivity index (χ0v) is 16.3. The largest absolute Gasteiger partial charge is 0.497 e. The first-order chi connectivity index (χ1) is 13.4. The Hall–Kier alpha value is -3.24. The summed E-state index contributed by atoms with van der Waals surface area (Å²) in [7, 11) is 1.53. The first kappa shape index (κ1) is 19.5. The van der Waals surface area contributed by atoms with E-state index < -0.39 is 11.2 Å². The Balaban J connectivity index is 2.05. The highest BCUT2D eigenvalue weighted by Crippen LogP contribution is 2.42. The molecule has 1 heterocycles. The number of hydrogen-bond donors (Lipinski definition) is 1. The van der Waals surface area contributed by atoms with Crippen LogP contribution in [0, 0.1) is 18.3 Å². The van der Waals surface area contributed by atoms with Gasteiger partial charge in [-0.25, -0.2) is 0 Å². The molecule has 0 bridgehead atoms. The van der Waals surface area contributed by atoms with E-state index in [4.69, 9.17) is 10.5 Å². The summed E-state index contributed by atoms with van der Waals surface area (Å²) in [6.45, 7) is 1.99. The molecule has 1 atom stereocenters. The number of methoxy groups -OCH3 is 1. The fourth-order valence-corrected chi connectivity index (χ4v) is 4.35. The standard InChI is InChI=1S/C21H19N3O3S/c1-13-5-3-6-14(9-13)10-18-20(26)24(15-7-4-8-16(11-15)27-2)21(28-18)17(12-22)19(23)25/h3-9,11,18H,10H2,1-2H3,(H2,23,25)/b21-17-/t18-/m0/s1. The molecule has 7 heteroatoms. The Labute approximate surface area is 167 Å². The highest BCUT2D eigenvalue weighted by atomic mass is 32.2. The molecule has 1 saturated heterocycles. The van der Waals surface area contributed by atoms with Crippen LogP contribution in [0.5, 0.6) is 5.75 Å². The van der Waals surface area contributed by atoms with Gasteiger partial charge in [0.1, 0.15) is 22.4 Å². The summed E-state index contributed by atoms with van der Waals surface area (Å²) in [5.74, 6) is -0.500. The number of rotatable bonds is 5. The van der Waals surface area contributed by atoms with Crippen molar-refractivity contribution in [3.05, 3.63) is 70.3 Å². The maximum absolute atomic E-state index is 13.2. The van der Waals surface area contributed by atoms with Gasteiger partial charge in [0.15, 0.2) is 0 Å². The van der Waals surface area contributed by atoms with E-state index in [9.17, 15) is 14.9 Å². The van der Waals surface area contributed by atoms with Gasteiger partial charge in [0, 0.05) is 6.07 Å². The van der Waals surface area contributed by atoms with Crippen molar-refractivity contribution in [1.29, 1.82) is 5.26 Å². The van der Waals surface area contributed by atoms with Crippen molar-refractivity contribution < 1.29 is 14.3 Å². The van der Waals surface area contributed by atoms with E-state index in [1.807, 2.05) is 37.3 Å². The van der Waals surface area contributed by atoms with Crippen LogP contribution < -0.4 is 15.4 Å². The van der Waals surface area contributed by atoms with Crippen molar-refractivity contribution in [3.8, 4) is 11.8 Å². The van der Waals surface area contributed by atoms with Crippen LogP contribution in [0.25, 0.3) is 0 Å². The number of anilines is 1. The van der Waals surface area contributed by atoms with Crippen molar-refractivity contribution in [2.24, 2.45) is 5.73 Å². The number of hydrogen-bond acceptors (Lipinski definition) is 5. The molecular weight excluding hydrogens is 374 g/mol. The number of ether oxygens (including phenoxy) is 1. The molecule has 2 aromatic carbocycles. The first-order valence-corrected chi connectivity index (χ1v) is 9.47. The van der Waals surface area contributed by atoms with E-state index in [0.717, 1.165) is 11.1 Å². The zero-order valence-electron chi connectivity index (χ0n) is 15.5. The molecule has 2 aromatic rings. The molecule has 0 radical (unpaired) electrons. The maximum atomic E-state index is 13.2. The summed E-state index contributed by atoms with van der Waals surface area (Å²) in [4.78, 5) is 26.4. The zero-order chi connectivity index (χ0) is 20.3. The molecule has 1 aliphatic rings. The van der Waals surface area contributed by atoms with E-state index in [1.54, 1.807) is 24.3 Å². The number of aryl methyl sites for hydroxylation is 1. The number of benzene rings is 2. The van der Waals surface area contributed by atoms with Crippen LogP contribution in [0.1, 0.15) is 11.1 Å². The predicted octanol–water partition coefficient (Wildman–Crippen LogP) is 2.92. The van der Waals surface area contributed by atoms with Crippen molar-refractivity contribution in [2.45, 2.75) is 18.6 Å². The maximum Gasteiger partial charge on any atom is 0.262 e. The van der Waals surface area contributed by atoms with Gasteiger partial charge < -0.3 is 10.5 Å². The number of nitrogens with zero attached hydrogens (tertiary/aromatic N) is 2. The molecule has 0 aromatic heterocycles. The molecule has 2 amide bonds. The topological polar surface area (TPSA) is 96.4 Å². The predicted molar refractivity (Wildman–Crippen MR) is 109 cm³/mol. The molecule has 2 N–H and O–H groups in total. The van der Waals surface area contributed by atoms with E-state index in [1.165, 1.54) is 23.8 Å². The molecule has 3 rings (SSSR count). The summed E-state index contributed by atoms with van der Waals surface area (Å²) >= 11 is 1.19. The minimum absolute atomic E-state index is 0.205. The van der Waals surface area contributed by atoms with Crippen LogP contribution in [0.2, 0.25) is 0 Å². The molecule has 0 aliphatic carbocycles. The summed E-state index contributed by atoms with van der Waals surface area (Å²) in [6, 6.07) is 16.7. The number of thioether (sulfide) groups is 1. The lowest BCUT2D eigenvalue weighted by molar-refractivity contribution is -0.117. The number of carbonyl (C=O) groups excluding carboxylic acids is 2. The smallest absolute Gasteiger partial charge is 0.262 e. The Morgan fingerprint density at radius 3 is 2.68 bits per heavy atom. The Morgan fingerprint density at radius 2 is 2.04 bits per heavy atom. The molecule has 1 fully saturated rings. The van der Waals surface area contributed by atoms with Crippen LogP contribution in [0.3, 0.4) is 0 Å². The summed E-state index contributed by atoms with van der Waals surface area (Å²) in [6.07, 6.45) is 0.479. The third-order valence-corrected chi connectivity index (χ3v) is 5.60. The van der Waals surface area contributed by atoms with Crippen LogP contribution >= 0.6 is 11.8 Å². The fraction of sp³-hybridized carbons (Fsp3) is 0.190. The second-order valence-corrected chi connectivity index (χ2v) is 7.52. The summed E-state index contributed by atoms with van der Waals surface area (Å²) < 4.78 is 5.24. The SMILES string of the molecule is COc1cccc(N2C(=O)[C@H](Cc3cccc(C)c3)S/C2=C(/C#N)C(N)=O)c1. The third-order valence-electron chi connectivity index (χ3n) is 4.34. The lowest BCUT2D eigenvalue weighted by Gasteiger charge is -2.19. The molecular formula is C21H19N3O3S. The van der Waals surface area contributed by atoms with Gasteiger partial charge in [0.25, 0.3) is 5.91 Å². The Kier molecular flexibility index (Phi) is 5.71. The van der Waals surface area contributed by atoms with Crippen molar-refractivity contribution in [2.75, 3.05) is 12.0 Å². The van der Waals surface area contributed by atoms with Gasteiger partial charge >= 0.3 is 0 Å². The van der Waals surface area contributed by atoms with Gasteiger partial charge in [-0.05, 0) is 31.0 Å². The first-order valence-electron chi connectivity index (χ1n) is 8.59. The molecule has 6 nitrogen and oxygen atoms in total. The molecule has 0 unspecified atom stereocenters. The van der Waals surface area contributed by atoms with Gasteiger partial charge in [0.2, 0.25) is 5.91 Å². The number of carbonyl (C=O) groups is 2. The number of primary amides is 1. The molecule has 1 aliphatic heterocycles. The normalized spacial score (nSPS) is 18.0. The summed E-state index contributed by atoms with van der Waals surface area (Å²) in [5.41, 5.74) is 7.79. The lowest BCUT2D eigenvalue weighted by Crippen LogP contribution is -2.31. The molecule has 28 heavy (non-hydrogen) atoms. The average Bonchev–Trinajstić information content (AvgIpc) is 2.98. The summed E-state index contributed by atoms with van der Waals surface area (Å²) in [5, 5.41) is 9.22. The van der Waals surface area contributed by atoms with E-state index in [2.05, 4.69) is 0 Å². The number of amides is 2. The molecule has 0 spiro atoms. The van der Waals surface area contributed by atoms with E-state index in [0.29, 0.717) is 17.9 Å². The van der Waals surface area contributed by atoms with Gasteiger partial charge in [-0.1, -0.05) is 47.7 Å². The lowest BCUT2D eigenvalue weighted by atomic mass is 10.1. The van der Waals surface area contributed by atoms with E-state index >= 15 is 0 Å². The van der Waals surface area contributed by atoms with Gasteiger partial charge in [-0.3, -0.25) is 14.5 Å². The second-order valence-electron chi connectivity index (χ2n) is 6.33. The van der Waals surface area contributed by atoms with Crippen molar-refractivity contribution in [3.63, 3.8) is 0 Å². The number of nitrogens with two attached hydrogens (primary N) is 1. The fourth-order valence-electron chi connectivity index (χ4n) is 3.04. The second kappa shape index (κ2) is 8.19. The minimum Gasteiger partial charge on any atom is -0.497 e. The molecule has 0 saturated carbocycles. The van der Waals surface area contributed by atoms with Crippen LogP contribution in [0.4, 0.5) is 5.69 Å². The van der Waals surface area contributed by atoms with Gasteiger partial charge in [0.05, 0.1) is 18.0 Å². The van der Waals surface area contributed by atoms with Crippen molar-refractivity contribution in [1.82, 2.24) is 0 Å². The third kappa shape index (κ3) is 3.87. The van der Waals surface area contributed by atoms with E-state index in [-0.39, 0.29) is 16.5 Å². The van der Waals surface area contributed by atoms with Gasteiger partial charge in [-0.2, -0.15) is 5.26 Å². The highest BCUT2D eigenvalue weighted by Gasteiger charge is 2.40. The Bertz CT molecular complexity index is 1010. The quantitative estimate of drug-likeness (QED) is 0.622. The van der Waals surface area contributed by atoms with Crippen LogP contribution in [-0.4, -0.2) is 24.2 Å². The minimum atomic E-state index is -0.859. The van der Waals surface area contributed by atoms with Crippen molar-refractivity contribution >= 4 is 29.3 Å². The number of nitriles is 1. The Morgan fingerprint density at radius 1 is 1.29 bits per heavy atom. The van der Waals surface area contributed by atoms with Gasteiger partial charge in [-0.15, -0.1) is 0 Å². The molecule has 142 valence electrons.